The number of nitrogens with zero attached hydrogens (tertiary/aromatic N) is 4. The predicted molar refractivity (Wildman–Crippen MR) is 121 cm³/mol. The second-order valence-corrected chi connectivity index (χ2v) is 9.03. The number of nitrogens with one attached hydrogen (secondary N) is 1. The number of amides is 2. The summed E-state index contributed by atoms with van der Waals surface area (Å²) in [5, 5.41) is 8.54. The van der Waals surface area contributed by atoms with Gasteiger partial charge in [-0.1, -0.05) is 40.4 Å². The van der Waals surface area contributed by atoms with Gasteiger partial charge in [-0.3, -0.25) is 14.6 Å². The van der Waals surface area contributed by atoms with Crippen molar-refractivity contribution < 1.29 is 9.59 Å². The molecule has 2 aromatic heterocycles. The molecule has 0 aliphatic rings. The summed E-state index contributed by atoms with van der Waals surface area (Å²) < 4.78 is 3.82. The van der Waals surface area contributed by atoms with Crippen molar-refractivity contribution in [2.45, 2.75) is 45.7 Å². The third-order valence-electron chi connectivity index (χ3n) is 4.59. The van der Waals surface area contributed by atoms with E-state index in [4.69, 9.17) is 0 Å². The number of pyridine rings is 1. The molecule has 0 radical (unpaired) electrons. The van der Waals surface area contributed by atoms with Gasteiger partial charge in [0.2, 0.25) is 5.91 Å². The molecule has 1 atom stereocenters. The van der Waals surface area contributed by atoms with Crippen LogP contribution in [0.2, 0.25) is 0 Å². The summed E-state index contributed by atoms with van der Waals surface area (Å²) in [6, 6.07) is 12.6. The molecule has 1 aromatic carbocycles. The van der Waals surface area contributed by atoms with Gasteiger partial charge in [0.15, 0.2) is 11.7 Å². The van der Waals surface area contributed by atoms with E-state index in [1.807, 2.05) is 52.0 Å². The van der Waals surface area contributed by atoms with Gasteiger partial charge >= 0.3 is 0 Å². The number of benzene rings is 1. The van der Waals surface area contributed by atoms with Crippen LogP contribution >= 0.6 is 11.5 Å². The van der Waals surface area contributed by atoms with Crippen LogP contribution in [-0.2, 0) is 11.2 Å². The lowest BCUT2D eigenvalue weighted by atomic mass is 10.0. The van der Waals surface area contributed by atoms with E-state index in [2.05, 4.69) is 26.0 Å². The van der Waals surface area contributed by atoms with E-state index in [0.29, 0.717) is 18.7 Å². The summed E-state index contributed by atoms with van der Waals surface area (Å²) in [6.45, 7) is 8.08. The van der Waals surface area contributed by atoms with E-state index in [0.717, 1.165) is 22.7 Å². The van der Waals surface area contributed by atoms with Crippen LogP contribution in [0.5, 0.6) is 0 Å². The van der Waals surface area contributed by atoms with Crippen molar-refractivity contribution in [3.05, 3.63) is 76.6 Å². The number of hydrogen-bond donors (Lipinski definition) is 1. The van der Waals surface area contributed by atoms with Crippen LogP contribution in [-0.4, -0.2) is 43.4 Å². The van der Waals surface area contributed by atoms with Crippen molar-refractivity contribution in [2.24, 2.45) is 0 Å². The number of aryl methyl sites for hydroxylation is 1. The number of carbonyl (C=O) groups excluding carboxylic acids is 2. The van der Waals surface area contributed by atoms with Crippen LogP contribution in [0.3, 0.4) is 0 Å². The Hall–Kier alpha value is -3.13. The summed E-state index contributed by atoms with van der Waals surface area (Å²) in [5.41, 5.74) is 2.50. The van der Waals surface area contributed by atoms with Gasteiger partial charge in [-0.15, -0.1) is 5.10 Å². The molecule has 0 saturated carbocycles. The Morgan fingerprint density at radius 2 is 1.97 bits per heavy atom. The molecule has 0 bridgehead atoms. The van der Waals surface area contributed by atoms with Crippen LogP contribution in [0.1, 0.15) is 54.1 Å². The van der Waals surface area contributed by atoms with Crippen molar-refractivity contribution in [3.63, 3.8) is 0 Å². The molecule has 2 amide bonds. The van der Waals surface area contributed by atoms with Crippen molar-refractivity contribution in [3.8, 4) is 0 Å². The van der Waals surface area contributed by atoms with E-state index < -0.39 is 11.6 Å². The van der Waals surface area contributed by atoms with E-state index in [9.17, 15) is 9.59 Å². The first kappa shape index (κ1) is 22.6. The average Bonchev–Trinajstić information content (AvgIpc) is 3.25. The standard InChI is InChI=1S/C23H27N5O2S/c1-16-8-7-9-17(14-16)11-13-28(22(30)19-15-31-27-26-19)20(18-10-5-6-12-24-18)21(29)25-23(2,3)4/h5-10,12,14-15,20H,11,13H2,1-4H3,(H,25,29)/t20-/m0/s1. The number of aromatic nitrogens is 3. The van der Waals surface area contributed by atoms with Gasteiger partial charge in [-0.25, -0.2) is 0 Å². The maximum absolute atomic E-state index is 13.4. The highest BCUT2D eigenvalue weighted by atomic mass is 32.1. The fourth-order valence-corrected chi connectivity index (χ4v) is 3.71. The number of rotatable bonds is 7. The van der Waals surface area contributed by atoms with Gasteiger partial charge < -0.3 is 10.2 Å². The molecule has 0 spiro atoms. The van der Waals surface area contributed by atoms with Gasteiger partial charge in [0, 0.05) is 23.7 Å². The molecule has 3 aromatic rings. The molecule has 0 fully saturated rings. The van der Waals surface area contributed by atoms with E-state index in [1.54, 1.807) is 28.6 Å². The lowest BCUT2D eigenvalue weighted by Gasteiger charge is -2.32. The van der Waals surface area contributed by atoms with Gasteiger partial charge in [0.05, 0.1) is 5.69 Å². The van der Waals surface area contributed by atoms with Crippen molar-refractivity contribution >= 4 is 23.3 Å². The molecule has 2 heterocycles. The molecule has 0 aliphatic heterocycles. The maximum atomic E-state index is 13.4. The first-order valence-corrected chi connectivity index (χ1v) is 10.9. The number of hydrogen-bond acceptors (Lipinski definition) is 6. The minimum atomic E-state index is -0.889. The van der Waals surface area contributed by atoms with Crippen LogP contribution in [0.4, 0.5) is 0 Å². The van der Waals surface area contributed by atoms with Crippen molar-refractivity contribution in [1.82, 2.24) is 24.8 Å². The summed E-state index contributed by atoms with van der Waals surface area (Å²) in [7, 11) is 0. The molecule has 31 heavy (non-hydrogen) atoms. The molecule has 7 nitrogen and oxygen atoms in total. The highest BCUT2D eigenvalue weighted by Crippen LogP contribution is 2.23. The van der Waals surface area contributed by atoms with E-state index >= 15 is 0 Å². The SMILES string of the molecule is Cc1cccc(CCN(C(=O)c2csnn2)[C@H](C(=O)NC(C)(C)C)c2ccccn2)c1. The Balaban J connectivity index is 1.99. The molecule has 0 saturated heterocycles. The monoisotopic (exact) mass is 437 g/mol. The minimum Gasteiger partial charge on any atom is -0.349 e. The van der Waals surface area contributed by atoms with Gasteiger partial charge in [-0.2, -0.15) is 0 Å². The summed E-state index contributed by atoms with van der Waals surface area (Å²) >= 11 is 1.10. The quantitative estimate of drug-likeness (QED) is 0.610. The zero-order chi connectivity index (χ0) is 22.4. The molecule has 3 rings (SSSR count). The Morgan fingerprint density at radius 1 is 1.16 bits per heavy atom. The molecule has 162 valence electrons. The normalized spacial score (nSPS) is 12.3. The first-order valence-electron chi connectivity index (χ1n) is 10.1. The van der Waals surface area contributed by atoms with Crippen molar-refractivity contribution in [1.29, 1.82) is 0 Å². The van der Waals surface area contributed by atoms with Gasteiger partial charge in [-0.05, 0) is 63.3 Å². The topological polar surface area (TPSA) is 88.1 Å². The summed E-state index contributed by atoms with van der Waals surface area (Å²) in [5.74, 6) is -0.631. The Bertz CT molecular complexity index is 1020. The van der Waals surface area contributed by atoms with Crippen molar-refractivity contribution in [2.75, 3.05) is 6.54 Å². The second-order valence-electron chi connectivity index (χ2n) is 8.42. The fraction of sp³-hybridized carbons (Fsp3) is 0.348. The predicted octanol–water partition coefficient (Wildman–Crippen LogP) is 3.58. The first-order chi connectivity index (χ1) is 14.7. The average molecular weight is 438 g/mol. The highest BCUT2D eigenvalue weighted by Gasteiger charge is 2.35. The molecular formula is C23H27N5O2S. The Kier molecular flexibility index (Phi) is 7.12. The minimum absolute atomic E-state index is 0.221. The van der Waals surface area contributed by atoms with E-state index in [1.165, 1.54) is 0 Å². The van der Waals surface area contributed by atoms with E-state index in [-0.39, 0.29) is 17.5 Å². The lowest BCUT2D eigenvalue weighted by Crippen LogP contribution is -2.50. The zero-order valence-corrected chi connectivity index (χ0v) is 19.0. The smallest absolute Gasteiger partial charge is 0.276 e. The Labute approximate surface area is 186 Å². The molecule has 0 aliphatic carbocycles. The third kappa shape index (κ3) is 6.18. The van der Waals surface area contributed by atoms with Gasteiger partial charge in [0.1, 0.15) is 0 Å². The fourth-order valence-electron chi connectivity index (χ4n) is 3.28. The summed E-state index contributed by atoms with van der Waals surface area (Å²) in [4.78, 5) is 32.7. The molecular weight excluding hydrogens is 410 g/mol. The summed E-state index contributed by atoms with van der Waals surface area (Å²) in [6.07, 6.45) is 2.22. The zero-order valence-electron chi connectivity index (χ0n) is 18.2. The Morgan fingerprint density at radius 3 is 2.58 bits per heavy atom. The number of carbonyl (C=O) groups is 2. The van der Waals surface area contributed by atoms with Crippen LogP contribution < -0.4 is 5.32 Å². The molecule has 0 unspecified atom stereocenters. The molecule has 1 N–H and O–H groups in total. The highest BCUT2D eigenvalue weighted by molar-refractivity contribution is 7.03. The second kappa shape index (κ2) is 9.78. The lowest BCUT2D eigenvalue weighted by molar-refractivity contribution is -0.127. The van der Waals surface area contributed by atoms with Crippen LogP contribution in [0.25, 0.3) is 0 Å². The third-order valence-corrected chi connectivity index (χ3v) is 5.09. The van der Waals surface area contributed by atoms with Crippen LogP contribution in [0, 0.1) is 6.92 Å². The maximum Gasteiger partial charge on any atom is 0.276 e. The van der Waals surface area contributed by atoms with Gasteiger partial charge in [0.25, 0.3) is 5.91 Å². The largest absolute Gasteiger partial charge is 0.349 e. The van der Waals surface area contributed by atoms with Crippen LogP contribution in [0.15, 0.2) is 54.0 Å². The molecule has 8 heteroatoms.